The van der Waals surface area contributed by atoms with Gasteiger partial charge < -0.3 is 11.1 Å². The number of nitrogens with one attached hydrogen (secondary N) is 1. The molecule has 5 heteroatoms. The number of nitrogens with two attached hydrogens (primary N) is 1. The van der Waals surface area contributed by atoms with Crippen LogP contribution in [0.25, 0.3) is 0 Å². The summed E-state index contributed by atoms with van der Waals surface area (Å²) >= 11 is 0. The lowest BCUT2D eigenvalue weighted by Gasteiger charge is -2.39. The molecular weight excluding hydrogens is 274 g/mol. The van der Waals surface area contributed by atoms with Gasteiger partial charge in [0.15, 0.2) is 0 Å². The van der Waals surface area contributed by atoms with Gasteiger partial charge in [-0.1, -0.05) is 6.92 Å². The average molecular weight is 298 g/mol. The summed E-state index contributed by atoms with van der Waals surface area (Å²) < 4.78 is 0. The molecule has 1 amide bonds. The van der Waals surface area contributed by atoms with E-state index in [1.807, 2.05) is 12.1 Å². The number of anilines is 1. The van der Waals surface area contributed by atoms with Gasteiger partial charge in [-0.3, -0.25) is 9.78 Å². The van der Waals surface area contributed by atoms with Crippen LogP contribution in [0.5, 0.6) is 0 Å². The van der Waals surface area contributed by atoms with Crippen molar-refractivity contribution in [1.82, 2.24) is 4.98 Å². The first-order valence-corrected chi connectivity index (χ1v) is 6.98. The molecule has 0 radical (unpaired) electrons. The van der Waals surface area contributed by atoms with Crippen molar-refractivity contribution in [1.29, 1.82) is 0 Å². The number of hydrogen-bond donors (Lipinski definition) is 2. The number of carbonyl (C=O) groups excluding carboxylic acids is 1. The maximum Gasteiger partial charge on any atom is 0.227 e. The summed E-state index contributed by atoms with van der Waals surface area (Å²) in [5, 5.41) is 2.96. The Morgan fingerprint density at radius 3 is 2.45 bits per heavy atom. The molecule has 20 heavy (non-hydrogen) atoms. The molecule has 1 aromatic rings. The Labute approximate surface area is 126 Å². The minimum absolute atomic E-state index is 0. The minimum Gasteiger partial charge on any atom is -0.327 e. The van der Waals surface area contributed by atoms with Gasteiger partial charge in [-0.2, -0.15) is 0 Å². The summed E-state index contributed by atoms with van der Waals surface area (Å²) in [5.74, 6) is 0.234. The molecule has 112 valence electrons. The molecule has 1 aliphatic rings. The Hall–Kier alpha value is -1.13. The lowest BCUT2D eigenvalue weighted by atomic mass is 9.68. The van der Waals surface area contributed by atoms with E-state index in [0.717, 1.165) is 31.4 Å². The lowest BCUT2D eigenvalue weighted by molar-refractivity contribution is -0.121. The zero-order valence-corrected chi connectivity index (χ0v) is 13.0. The highest BCUT2D eigenvalue weighted by molar-refractivity contribution is 5.92. The van der Waals surface area contributed by atoms with E-state index in [-0.39, 0.29) is 35.7 Å². The van der Waals surface area contributed by atoms with Crippen LogP contribution in [0.15, 0.2) is 24.5 Å². The van der Waals surface area contributed by atoms with Gasteiger partial charge in [0.05, 0.1) is 0 Å². The minimum atomic E-state index is 0. The van der Waals surface area contributed by atoms with Gasteiger partial charge in [0.25, 0.3) is 0 Å². The second-order valence-corrected chi connectivity index (χ2v) is 5.94. The van der Waals surface area contributed by atoms with Crippen molar-refractivity contribution in [3.8, 4) is 0 Å². The Morgan fingerprint density at radius 1 is 1.40 bits per heavy atom. The Kier molecular flexibility index (Phi) is 5.96. The molecule has 4 nitrogen and oxygen atoms in total. The van der Waals surface area contributed by atoms with Gasteiger partial charge in [-0.05, 0) is 50.2 Å². The summed E-state index contributed by atoms with van der Waals surface area (Å²) in [5.41, 5.74) is 7.05. The second kappa shape index (κ2) is 7.04. The first kappa shape index (κ1) is 16.9. The predicted octanol–water partition coefficient (Wildman–Crippen LogP) is 2.99. The van der Waals surface area contributed by atoms with Gasteiger partial charge in [-0.15, -0.1) is 12.4 Å². The molecule has 0 unspecified atom stereocenters. The van der Waals surface area contributed by atoms with Crippen molar-refractivity contribution in [3.05, 3.63) is 24.5 Å². The fourth-order valence-corrected chi connectivity index (χ4v) is 2.67. The molecule has 0 aromatic carbocycles. The number of hydrogen-bond acceptors (Lipinski definition) is 3. The highest BCUT2D eigenvalue weighted by atomic mass is 35.5. The van der Waals surface area contributed by atoms with Gasteiger partial charge in [0.1, 0.15) is 0 Å². The van der Waals surface area contributed by atoms with E-state index < -0.39 is 0 Å². The van der Waals surface area contributed by atoms with E-state index in [4.69, 9.17) is 5.73 Å². The zero-order chi connectivity index (χ0) is 13.9. The quantitative estimate of drug-likeness (QED) is 0.901. The smallest absolute Gasteiger partial charge is 0.227 e. The normalized spacial score (nSPS) is 27.2. The van der Waals surface area contributed by atoms with Crippen molar-refractivity contribution in [2.24, 2.45) is 17.1 Å². The van der Waals surface area contributed by atoms with E-state index in [0.29, 0.717) is 0 Å². The number of halogens is 1. The Balaban J connectivity index is 0.00000200. The third-order valence-electron chi connectivity index (χ3n) is 4.55. The molecular formula is C15H24ClN3O. The van der Waals surface area contributed by atoms with Crippen LogP contribution in [-0.2, 0) is 4.79 Å². The molecule has 3 N–H and O–H groups in total. The molecule has 1 saturated carbocycles. The molecule has 1 atom stereocenters. The van der Waals surface area contributed by atoms with Crippen LogP contribution in [-0.4, -0.2) is 16.9 Å². The van der Waals surface area contributed by atoms with Crippen LogP contribution in [0.1, 0.15) is 39.5 Å². The molecule has 0 spiro atoms. The van der Waals surface area contributed by atoms with E-state index in [1.54, 1.807) is 12.4 Å². The van der Waals surface area contributed by atoms with E-state index >= 15 is 0 Å². The number of carbonyl (C=O) groups is 1. The van der Waals surface area contributed by atoms with Crippen molar-refractivity contribution in [3.63, 3.8) is 0 Å². The van der Waals surface area contributed by atoms with E-state index in [2.05, 4.69) is 24.1 Å². The molecule has 0 bridgehead atoms. The highest BCUT2D eigenvalue weighted by Gasteiger charge is 2.36. The molecule has 0 saturated heterocycles. The fourth-order valence-electron chi connectivity index (χ4n) is 2.67. The van der Waals surface area contributed by atoms with E-state index in [1.165, 1.54) is 0 Å². The maximum atomic E-state index is 12.2. The summed E-state index contributed by atoms with van der Waals surface area (Å²) in [7, 11) is 0. The standard InChI is InChI=1S/C15H23N3O.ClH/c1-11(16)15(2)7-3-12(4-8-15)14(19)18-13-5-9-17-10-6-13;/h5-6,9-12H,3-4,7-8,16H2,1-2H3,(H,17,18,19);1H/t11-,12?,15?;/m1./s1. The first-order chi connectivity index (χ1) is 9.01. The number of rotatable bonds is 3. The predicted molar refractivity (Wildman–Crippen MR) is 83.8 cm³/mol. The van der Waals surface area contributed by atoms with Crippen LogP contribution < -0.4 is 11.1 Å². The maximum absolute atomic E-state index is 12.2. The number of aromatic nitrogens is 1. The van der Waals surface area contributed by atoms with Crippen molar-refractivity contribution >= 4 is 24.0 Å². The van der Waals surface area contributed by atoms with Gasteiger partial charge >= 0.3 is 0 Å². The summed E-state index contributed by atoms with van der Waals surface area (Å²) in [6, 6.07) is 3.82. The van der Waals surface area contributed by atoms with Gasteiger partial charge in [0, 0.05) is 30.0 Å². The van der Waals surface area contributed by atoms with Crippen molar-refractivity contribution in [2.75, 3.05) is 5.32 Å². The monoisotopic (exact) mass is 297 g/mol. The molecule has 1 aliphatic carbocycles. The van der Waals surface area contributed by atoms with Crippen LogP contribution in [0, 0.1) is 11.3 Å². The SMILES string of the molecule is C[C@@H](N)C1(C)CCC(C(=O)Nc2ccncc2)CC1.Cl. The first-order valence-electron chi connectivity index (χ1n) is 6.98. The molecule has 1 fully saturated rings. The highest BCUT2D eigenvalue weighted by Crippen LogP contribution is 2.40. The Morgan fingerprint density at radius 2 is 1.95 bits per heavy atom. The molecule has 1 heterocycles. The summed E-state index contributed by atoms with van der Waals surface area (Å²) in [6.45, 7) is 4.30. The summed E-state index contributed by atoms with van der Waals surface area (Å²) in [4.78, 5) is 16.1. The number of amides is 1. The Bertz CT molecular complexity index is 428. The third-order valence-corrected chi connectivity index (χ3v) is 4.55. The van der Waals surface area contributed by atoms with Gasteiger partial charge in [0.2, 0.25) is 5.91 Å². The van der Waals surface area contributed by atoms with Crippen LogP contribution in [0.3, 0.4) is 0 Å². The van der Waals surface area contributed by atoms with Crippen LogP contribution in [0.2, 0.25) is 0 Å². The fraction of sp³-hybridized carbons (Fsp3) is 0.600. The van der Waals surface area contributed by atoms with Crippen molar-refractivity contribution < 1.29 is 4.79 Å². The lowest BCUT2D eigenvalue weighted by Crippen LogP contribution is -2.41. The number of pyridine rings is 1. The second-order valence-electron chi connectivity index (χ2n) is 5.94. The third kappa shape index (κ3) is 3.93. The number of nitrogens with zero attached hydrogens (tertiary/aromatic N) is 1. The molecule has 1 aromatic heterocycles. The largest absolute Gasteiger partial charge is 0.327 e. The van der Waals surface area contributed by atoms with Crippen LogP contribution in [0.4, 0.5) is 5.69 Å². The zero-order valence-electron chi connectivity index (χ0n) is 12.1. The summed E-state index contributed by atoms with van der Waals surface area (Å²) in [6.07, 6.45) is 7.27. The average Bonchev–Trinajstić information content (AvgIpc) is 2.40. The van der Waals surface area contributed by atoms with Crippen LogP contribution >= 0.6 is 12.4 Å². The molecule has 0 aliphatic heterocycles. The van der Waals surface area contributed by atoms with E-state index in [9.17, 15) is 4.79 Å². The van der Waals surface area contributed by atoms with Gasteiger partial charge in [-0.25, -0.2) is 0 Å². The van der Waals surface area contributed by atoms with Crippen molar-refractivity contribution in [2.45, 2.75) is 45.6 Å². The topological polar surface area (TPSA) is 68.0 Å². The molecule has 2 rings (SSSR count).